The lowest BCUT2D eigenvalue weighted by Crippen LogP contribution is -2.02. The third kappa shape index (κ3) is 2.42. The Hall–Kier alpha value is -2.37. The molecule has 0 aliphatic rings. The summed E-state index contributed by atoms with van der Waals surface area (Å²) in [5.74, 6) is -2.77. The molecule has 0 bridgehead atoms. The third-order valence-corrected chi connectivity index (χ3v) is 2.84. The molecular weight excluding hydrogens is 255 g/mol. The highest BCUT2D eigenvalue weighted by Gasteiger charge is 2.17. The smallest absolute Gasteiger partial charge is 0.336 e. The van der Waals surface area contributed by atoms with Crippen LogP contribution in [0.25, 0.3) is 11.0 Å². The Morgan fingerprint density at radius 3 is 2.74 bits per heavy atom. The number of halogens is 1. The number of hydrogen-bond donors (Lipinski definition) is 2. The molecule has 0 fully saturated rings. The lowest BCUT2D eigenvalue weighted by Gasteiger charge is -2.08. The quantitative estimate of drug-likeness (QED) is 0.829. The van der Waals surface area contributed by atoms with Crippen molar-refractivity contribution in [2.24, 2.45) is 0 Å². The SMILES string of the molecule is Cc1cc(=O)oc2c(F)c(O)c(CCC(=O)O)cc12. The number of aryl methyl sites for hydroxylation is 2. The van der Waals surface area contributed by atoms with Gasteiger partial charge in [-0.1, -0.05) is 0 Å². The van der Waals surface area contributed by atoms with Crippen LogP contribution in [-0.2, 0) is 11.2 Å². The molecule has 0 aliphatic heterocycles. The molecule has 0 aliphatic carbocycles. The lowest BCUT2D eigenvalue weighted by molar-refractivity contribution is -0.136. The van der Waals surface area contributed by atoms with Crippen LogP contribution in [0.4, 0.5) is 4.39 Å². The number of fused-ring (bicyclic) bond motifs is 1. The average molecular weight is 266 g/mol. The van der Waals surface area contributed by atoms with E-state index in [2.05, 4.69) is 0 Å². The molecule has 0 spiro atoms. The van der Waals surface area contributed by atoms with E-state index >= 15 is 0 Å². The maximum absolute atomic E-state index is 13.9. The first-order chi connectivity index (χ1) is 8.90. The van der Waals surface area contributed by atoms with Crippen molar-refractivity contribution in [1.29, 1.82) is 0 Å². The van der Waals surface area contributed by atoms with Gasteiger partial charge >= 0.3 is 11.6 Å². The summed E-state index contributed by atoms with van der Waals surface area (Å²) in [7, 11) is 0. The Bertz CT molecular complexity index is 717. The second-order valence-electron chi connectivity index (χ2n) is 4.22. The molecule has 2 aromatic rings. The number of hydrogen-bond acceptors (Lipinski definition) is 4. The molecule has 0 unspecified atom stereocenters. The van der Waals surface area contributed by atoms with Gasteiger partial charge in [0.1, 0.15) is 0 Å². The number of rotatable bonds is 3. The van der Waals surface area contributed by atoms with Crippen molar-refractivity contribution in [2.45, 2.75) is 19.8 Å². The fourth-order valence-corrected chi connectivity index (χ4v) is 1.88. The van der Waals surface area contributed by atoms with Crippen LogP contribution < -0.4 is 5.63 Å². The molecule has 0 atom stereocenters. The Morgan fingerprint density at radius 1 is 1.42 bits per heavy atom. The predicted octanol–water partition coefficient (Wildman–Crippen LogP) is 1.96. The second kappa shape index (κ2) is 4.72. The Kier molecular flexibility index (Phi) is 3.25. The number of aliphatic carboxylic acids is 1. The van der Waals surface area contributed by atoms with Crippen molar-refractivity contribution >= 4 is 16.9 Å². The molecule has 2 N–H and O–H groups in total. The van der Waals surface area contributed by atoms with Crippen LogP contribution in [0.15, 0.2) is 21.3 Å². The zero-order valence-electron chi connectivity index (χ0n) is 10.1. The number of phenolic OH excluding ortho intramolecular Hbond substituents is 1. The van der Waals surface area contributed by atoms with Gasteiger partial charge in [-0.3, -0.25) is 4.79 Å². The highest BCUT2D eigenvalue weighted by atomic mass is 19.1. The maximum Gasteiger partial charge on any atom is 0.336 e. The van der Waals surface area contributed by atoms with Crippen molar-refractivity contribution in [3.63, 3.8) is 0 Å². The van der Waals surface area contributed by atoms with Gasteiger partial charge in [-0.25, -0.2) is 4.79 Å². The Balaban J connectivity index is 2.66. The Morgan fingerprint density at radius 2 is 2.11 bits per heavy atom. The number of carbonyl (C=O) groups is 1. The first-order valence-electron chi connectivity index (χ1n) is 5.56. The zero-order valence-corrected chi connectivity index (χ0v) is 10.1. The van der Waals surface area contributed by atoms with Gasteiger partial charge in [0.15, 0.2) is 11.3 Å². The largest absolute Gasteiger partial charge is 0.505 e. The lowest BCUT2D eigenvalue weighted by atomic mass is 10.0. The molecule has 1 aromatic carbocycles. The molecule has 0 saturated heterocycles. The van der Waals surface area contributed by atoms with Crippen molar-refractivity contribution in [1.82, 2.24) is 0 Å². The summed E-state index contributed by atoms with van der Waals surface area (Å²) < 4.78 is 18.6. The minimum absolute atomic E-state index is 0.00735. The number of phenols is 1. The zero-order chi connectivity index (χ0) is 14.2. The molecule has 1 heterocycles. The number of carboxylic acids is 1. The fourth-order valence-electron chi connectivity index (χ4n) is 1.88. The maximum atomic E-state index is 13.9. The van der Waals surface area contributed by atoms with E-state index in [1.54, 1.807) is 6.92 Å². The summed E-state index contributed by atoms with van der Waals surface area (Å²) in [5, 5.41) is 18.6. The van der Waals surface area contributed by atoms with Crippen LogP contribution in [-0.4, -0.2) is 16.2 Å². The summed E-state index contributed by atoms with van der Waals surface area (Å²) >= 11 is 0. The molecule has 100 valence electrons. The average Bonchev–Trinajstić information content (AvgIpc) is 2.32. The number of aromatic hydroxyl groups is 1. The minimum atomic E-state index is -1.05. The topological polar surface area (TPSA) is 87.7 Å². The molecule has 5 nitrogen and oxygen atoms in total. The van der Waals surface area contributed by atoms with Crippen LogP contribution in [0, 0.1) is 12.7 Å². The standard InChI is InChI=1S/C13H11FO5/c1-6-4-10(17)19-13-8(6)5-7(2-3-9(15)16)12(18)11(13)14/h4-5,18H,2-3H2,1H3,(H,15,16). The monoisotopic (exact) mass is 266 g/mol. The van der Waals surface area contributed by atoms with Crippen molar-refractivity contribution in [3.05, 3.63) is 39.5 Å². The predicted molar refractivity (Wildman–Crippen MR) is 64.8 cm³/mol. The van der Waals surface area contributed by atoms with Gasteiger partial charge in [0.25, 0.3) is 0 Å². The van der Waals surface area contributed by atoms with Crippen LogP contribution in [0.5, 0.6) is 5.75 Å². The van der Waals surface area contributed by atoms with Gasteiger partial charge < -0.3 is 14.6 Å². The van der Waals surface area contributed by atoms with Crippen LogP contribution >= 0.6 is 0 Å². The summed E-state index contributed by atoms with van der Waals surface area (Å²) in [6.07, 6.45) is -0.235. The molecule has 0 amide bonds. The highest BCUT2D eigenvalue weighted by molar-refractivity contribution is 5.83. The van der Waals surface area contributed by atoms with E-state index in [0.717, 1.165) is 0 Å². The van der Waals surface area contributed by atoms with Crippen LogP contribution in [0.1, 0.15) is 17.5 Å². The highest BCUT2D eigenvalue weighted by Crippen LogP contribution is 2.31. The summed E-state index contributed by atoms with van der Waals surface area (Å²) in [4.78, 5) is 21.7. The minimum Gasteiger partial charge on any atom is -0.505 e. The van der Waals surface area contributed by atoms with E-state index in [-0.39, 0.29) is 24.0 Å². The molecule has 6 heteroatoms. The molecule has 0 radical (unpaired) electrons. The van der Waals surface area contributed by atoms with E-state index in [9.17, 15) is 19.1 Å². The van der Waals surface area contributed by atoms with Gasteiger partial charge in [-0.2, -0.15) is 4.39 Å². The van der Waals surface area contributed by atoms with Crippen molar-refractivity contribution < 1.29 is 23.8 Å². The first kappa shape index (κ1) is 13.1. The fraction of sp³-hybridized carbons (Fsp3) is 0.231. The van der Waals surface area contributed by atoms with E-state index in [1.165, 1.54) is 12.1 Å². The third-order valence-electron chi connectivity index (χ3n) is 2.84. The van der Waals surface area contributed by atoms with Crippen LogP contribution in [0.3, 0.4) is 0 Å². The molecule has 0 saturated carbocycles. The van der Waals surface area contributed by atoms with Gasteiger partial charge in [0, 0.05) is 17.9 Å². The van der Waals surface area contributed by atoms with Gasteiger partial charge in [0.05, 0.1) is 0 Å². The van der Waals surface area contributed by atoms with Crippen molar-refractivity contribution in [3.8, 4) is 5.75 Å². The summed E-state index contributed by atoms with van der Waals surface area (Å²) in [5.41, 5.74) is -0.353. The molecule has 2 rings (SSSR count). The number of carboxylic acid groups (broad SMARTS) is 1. The van der Waals surface area contributed by atoms with Crippen molar-refractivity contribution in [2.75, 3.05) is 0 Å². The van der Waals surface area contributed by atoms with E-state index in [1.807, 2.05) is 0 Å². The second-order valence-corrected chi connectivity index (χ2v) is 4.22. The summed E-state index contributed by atoms with van der Waals surface area (Å²) in [6, 6.07) is 2.65. The van der Waals surface area contributed by atoms with E-state index < -0.39 is 23.2 Å². The summed E-state index contributed by atoms with van der Waals surface area (Å²) in [6.45, 7) is 1.61. The first-order valence-corrected chi connectivity index (χ1v) is 5.56. The molecule has 19 heavy (non-hydrogen) atoms. The molecule has 1 aromatic heterocycles. The van der Waals surface area contributed by atoms with Gasteiger partial charge in [-0.05, 0) is 30.5 Å². The van der Waals surface area contributed by atoms with Gasteiger partial charge in [0.2, 0.25) is 5.82 Å². The van der Waals surface area contributed by atoms with E-state index in [4.69, 9.17) is 9.52 Å². The molecular formula is C13H11FO5. The van der Waals surface area contributed by atoms with E-state index in [0.29, 0.717) is 10.9 Å². The Labute approximate surface area is 106 Å². The van der Waals surface area contributed by atoms with Gasteiger partial charge in [-0.15, -0.1) is 0 Å². The normalized spacial score (nSPS) is 10.8. The van der Waals surface area contributed by atoms with Crippen LogP contribution in [0.2, 0.25) is 0 Å². The number of benzene rings is 1.